The van der Waals surface area contributed by atoms with Crippen LogP contribution in [-0.2, 0) is 14.3 Å². The van der Waals surface area contributed by atoms with Crippen LogP contribution < -0.4 is 11.1 Å². The van der Waals surface area contributed by atoms with Gasteiger partial charge in [-0.2, -0.15) is 0 Å². The molecule has 0 heterocycles. The average Bonchev–Trinajstić information content (AvgIpc) is 2.16. The molecule has 1 amide bonds. The van der Waals surface area contributed by atoms with Gasteiger partial charge in [0.05, 0.1) is 12.1 Å². The smallest absolute Gasteiger partial charge is 0.328 e. The van der Waals surface area contributed by atoms with Crippen molar-refractivity contribution >= 4 is 11.9 Å². The summed E-state index contributed by atoms with van der Waals surface area (Å²) in [7, 11) is 1.37. The number of carbonyl (C=O) groups excluding carboxylic acids is 1. The largest absolute Gasteiger partial charge is 0.480 e. The average molecular weight is 232 g/mol. The Bertz CT molecular complexity index is 253. The number of carboxylic acids is 1. The molecule has 16 heavy (non-hydrogen) atoms. The van der Waals surface area contributed by atoms with Crippen molar-refractivity contribution in [2.24, 2.45) is 5.73 Å². The van der Waals surface area contributed by atoms with E-state index in [4.69, 9.17) is 15.6 Å². The number of nitrogens with one attached hydrogen (secondary N) is 1. The minimum Gasteiger partial charge on any atom is -0.480 e. The van der Waals surface area contributed by atoms with Crippen LogP contribution in [0.4, 0.5) is 0 Å². The normalized spacial score (nSPS) is 16.2. The molecule has 0 aromatic heterocycles. The summed E-state index contributed by atoms with van der Waals surface area (Å²) < 4.78 is 4.70. The SMILES string of the molecule is CCCC(C)(N)C(=O)NC(COC)C(=O)O. The lowest BCUT2D eigenvalue weighted by atomic mass is 9.96. The summed E-state index contributed by atoms with van der Waals surface area (Å²) in [6, 6.07) is -1.06. The molecule has 0 saturated carbocycles. The van der Waals surface area contributed by atoms with Crippen LogP contribution >= 0.6 is 0 Å². The molecule has 0 bridgehead atoms. The lowest BCUT2D eigenvalue weighted by molar-refractivity contribution is -0.144. The van der Waals surface area contributed by atoms with Gasteiger partial charge in [0, 0.05) is 7.11 Å². The molecular weight excluding hydrogens is 212 g/mol. The molecule has 0 rings (SSSR count). The van der Waals surface area contributed by atoms with E-state index in [-0.39, 0.29) is 6.61 Å². The number of aliphatic carboxylic acids is 1. The third-order valence-corrected chi connectivity index (χ3v) is 2.22. The van der Waals surface area contributed by atoms with Gasteiger partial charge in [-0.25, -0.2) is 4.79 Å². The van der Waals surface area contributed by atoms with E-state index < -0.39 is 23.5 Å². The summed E-state index contributed by atoms with van der Waals surface area (Å²) in [6.45, 7) is 3.41. The van der Waals surface area contributed by atoms with E-state index in [1.54, 1.807) is 6.92 Å². The van der Waals surface area contributed by atoms with E-state index in [9.17, 15) is 9.59 Å². The molecule has 0 aromatic rings. The second-order valence-electron chi connectivity index (χ2n) is 3.99. The fourth-order valence-electron chi connectivity index (χ4n) is 1.30. The molecule has 0 fully saturated rings. The fraction of sp³-hybridized carbons (Fsp3) is 0.800. The van der Waals surface area contributed by atoms with Crippen LogP contribution in [0.25, 0.3) is 0 Å². The second-order valence-corrected chi connectivity index (χ2v) is 3.99. The summed E-state index contributed by atoms with van der Waals surface area (Å²) in [6.07, 6.45) is 1.25. The van der Waals surface area contributed by atoms with Gasteiger partial charge in [0.25, 0.3) is 0 Å². The molecule has 0 spiro atoms. The highest BCUT2D eigenvalue weighted by molar-refractivity contribution is 5.89. The zero-order valence-electron chi connectivity index (χ0n) is 9.95. The quantitative estimate of drug-likeness (QED) is 0.560. The third-order valence-electron chi connectivity index (χ3n) is 2.22. The maximum atomic E-state index is 11.7. The molecule has 6 heteroatoms. The highest BCUT2D eigenvalue weighted by Crippen LogP contribution is 2.08. The van der Waals surface area contributed by atoms with E-state index in [0.29, 0.717) is 6.42 Å². The maximum absolute atomic E-state index is 11.7. The standard InChI is InChI=1S/C10H20N2O4/c1-4-5-10(2,11)9(15)12-7(6-16-3)8(13)14/h7H,4-6,11H2,1-3H3,(H,12,15)(H,13,14). The Balaban J connectivity index is 4.44. The lowest BCUT2D eigenvalue weighted by Crippen LogP contribution is -2.56. The topological polar surface area (TPSA) is 102 Å². The van der Waals surface area contributed by atoms with E-state index in [2.05, 4.69) is 5.32 Å². The summed E-state index contributed by atoms with van der Waals surface area (Å²) >= 11 is 0. The summed E-state index contributed by atoms with van der Waals surface area (Å²) in [5.74, 6) is -1.61. The number of hydrogen-bond acceptors (Lipinski definition) is 4. The maximum Gasteiger partial charge on any atom is 0.328 e. The molecule has 0 aliphatic heterocycles. The first-order chi connectivity index (χ1) is 7.35. The van der Waals surface area contributed by atoms with Gasteiger partial charge in [-0.05, 0) is 13.3 Å². The van der Waals surface area contributed by atoms with Gasteiger partial charge in [-0.1, -0.05) is 13.3 Å². The van der Waals surface area contributed by atoms with Gasteiger partial charge >= 0.3 is 5.97 Å². The monoisotopic (exact) mass is 232 g/mol. The van der Waals surface area contributed by atoms with Crippen LogP contribution in [0.15, 0.2) is 0 Å². The Hall–Kier alpha value is -1.14. The summed E-state index contributed by atoms with van der Waals surface area (Å²) in [5, 5.41) is 11.2. The first kappa shape index (κ1) is 14.9. The lowest BCUT2D eigenvalue weighted by Gasteiger charge is -2.25. The molecule has 4 N–H and O–H groups in total. The van der Waals surface area contributed by atoms with Crippen LogP contribution in [0.3, 0.4) is 0 Å². The van der Waals surface area contributed by atoms with Gasteiger partial charge in [0.1, 0.15) is 0 Å². The Labute approximate surface area is 95.1 Å². The molecule has 94 valence electrons. The number of carbonyl (C=O) groups is 2. The third kappa shape index (κ3) is 4.59. The first-order valence-electron chi connectivity index (χ1n) is 5.16. The number of hydrogen-bond donors (Lipinski definition) is 3. The van der Waals surface area contributed by atoms with E-state index in [1.807, 2.05) is 6.92 Å². The number of rotatable bonds is 7. The molecule has 0 aromatic carbocycles. The Kier molecular flexibility index (Phi) is 5.98. The molecule has 0 radical (unpaired) electrons. The Morgan fingerprint density at radius 3 is 2.50 bits per heavy atom. The van der Waals surface area contributed by atoms with Crippen molar-refractivity contribution in [2.75, 3.05) is 13.7 Å². The van der Waals surface area contributed by atoms with Crippen LogP contribution in [-0.4, -0.2) is 42.3 Å². The minimum absolute atomic E-state index is 0.0801. The van der Waals surface area contributed by atoms with Crippen molar-refractivity contribution in [2.45, 2.75) is 38.3 Å². The molecule has 0 saturated heterocycles. The van der Waals surface area contributed by atoms with Crippen LogP contribution in [0.5, 0.6) is 0 Å². The van der Waals surface area contributed by atoms with Crippen LogP contribution in [0.2, 0.25) is 0 Å². The Morgan fingerprint density at radius 1 is 1.56 bits per heavy atom. The van der Waals surface area contributed by atoms with E-state index in [0.717, 1.165) is 6.42 Å². The highest BCUT2D eigenvalue weighted by Gasteiger charge is 2.30. The van der Waals surface area contributed by atoms with Gasteiger partial charge in [0.2, 0.25) is 5.91 Å². The number of carboxylic acid groups (broad SMARTS) is 1. The molecule has 2 atom stereocenters. The Morgan fingerprint density at radius 2 is 2.12 bits per heavy atom. The zero-order valence-corrected chi connectivity index (χ0v) is 9.95. The fourth-order valence-corrected chi connectivity index (χ4v) is 1.30. The van der Waals surface area contributed by atoms with Crippen LogP contribution in [0.1, 0.15) is 26.7 Å². The van der Waals surface area contributed by atoms with Gasteiger partial charge in [0.15, 0.2) is 6.04 Å². The first-order valence-corrected chi connectivity index (χ1v) is 5.16. The number of nitrogens with two attached hydrogens (primary N) is 1. The second kappa shape index (κ2) is 6.44. The predicted molar refractivity (Wildman–Crippen MR) is 58.9 cm³/mol. The van der Waals surface area contributed by atoms with Gasteiger partial charge in [-0.15, -0.1) is 0 Å². The van der Waals surface area contributed by atoms with Gasteiger partial charge in [-0.3, -0.25) is 4.79 Å². The summed E-state index contributed by atoms with van der Waals surface area (Å²) in [5.41, 5.74) is 4.72. The molecule has 0 aliphatic carbocycles. The van der Waals surface area contributed by atoms with Crippen molar-refractivity contribution in [3.05, 3.63) is 0 Å². The van der Waals surface area contributed by atoms with Gasteiger partial charge < -0.3 is 20.9 Å². The van der Waals surface area contributed by atoms with Crippen molar-refractivity contribution in [1.82, 2.24) is 5.32 Å². The van der Waals surface area contributed by atoms with Crippen LogP contribution in [0, 0.1) is 0 Å². The van der Waals surface area contributed by atoms with E-state index >= 15 is 0 Å². The minimum atomic E-state index is -1.14. The van der Waals surface area contributed by atoms with Crippen molar-refractivity contribution < 1.29 is 19.4 Å². The highest BCUT2D eigenvalue weighted by atomic mass is 16.5. The number of methoxy groups -OCH3 is 1. The zero-order chi connectivity index (χ0) is 12.8. The van der Waals surface area contributed by atoms with Crippen molar-refractivity contribution in [1.29, 1.82) is 0 Å². The van der Waals surface area contributed by atoms with E-state index in [1.165, 1.54) is 7.11 Å². The summed E-state index contributed by atoms with van der Waals surface area (Å²) in [4.78, 5) is 22.5. The molecular formula is C10H20N2O4. The molecule has 2 unspecified atom stereocenters. The predicted octanol–water partition coefficient (Wildman–Crippen LogP) is -0.280. The molecule has 6 nitrogen and oxygen atoms in total. The number of amides is 1. The molecule has 0 aliphatic rings. The number of ether oxygens (including phenoxy) is 1. The van der Waals surface area contributed by atoms with Crippen molar-refractivity contribution in [3.8, 4) is 0 Å². The van der Waals surface area contributed by atoms with Crippen molar-refractivity contribution in [3.63, 3.8) is 0 Å².